The molecule has 3 rings (SSSR count). The van der Waals surface area contributed by atoms with Crippen LogP contribution in [0.1, 0.15) is 46.3 Å². The maximum absolute atomic E-state index is 12.9. The molecule has 1 fully saturated rings. The smallest absolute Gasteiger partial charge is 0.276 e. The summed E-state index contributed by atoms with van der Waals surface area (Å²) in [6, 6.07) is 12.7. The number of aryl methyl sites for hydroxylation is 1. The van der Waals surface area contributed by atoms with Gasteiger partial charge >= 0.3 is 0 Å². The van der Waals surface area contributed by atoms with Gasteiger partial charge in [-0.2, -0.15) is 0 Å². The van der Waals surface area contributed by atoms with E-state index in [9.17, 15) is 9.59 Å². The second-order valence-electron chi connectivity index (χ2n) is 6.64. The van der Waals surface area contributed by atoms with Crippen LogP contribution in [0.2, 0.25) is 0 Å². The maximum Gasteiger partial charge on any atom is 0.276 e. The number of anilines is 1. The van der Waals surface area contributed by atoms with E-state index < -0.39 is 0 Å². The Kier molecular flexibility index (Phi) is 6.19. The molecule has 1 aliphatic rings. The van der Waals surface area contributed by atoms with Crippen LogP contribution in [0.25, 0.3) is 0 Å². The van der Waals surface area contributed by atoms with Crippen LogP contribution in [0.4, 0.5) is 5.69 Å². The predicted molar refractivity (Wildman–Crippen MR) is 104 cm³/mol. The Morgan fingerprint density at radius 3 is 2.70 bits per heavy atom. The third-order valence-corrected chi connectivity index (χ3v) is 4.59. The molecule has 1 saturated heterocycles. The van der Waals surface area contributed by atoms with Crippen LogP contribution < -0.4 is 10.2 Å². The Bertz CT molecular complexity index is 816. The standard InChI is InChI=1S/C21H25N3O3/c1-3-24(16-8-4-7-15(2)13-16)21(26)19-11-5-10-18(23-19)20(25)22-14-17-9-6-12-27-17/h4-5,7-8,10-11,13,17H,3,6,9,12,14H2,1-2H3,(H,22,25). The zero-order chi connectivity index (χ0) is 19.2. The second kappa shape index (κ2) is 8.77. The molecule has 0 bridgehead atoms. The third kappa shape index (κ3) is 4.71. The lowest BCUT2D eigenvalue weighted by Gasteiger charge is -2.21. The van der Waals surface area contributed by atoms with Gasteiger partial charge in [-0.3, -0.25) is 9.59 Å². The number of carbonyl (C=O) groups excluding carboxylic acids is 2. The fourth-order valence-corrected chi connectivity index (χ4v) is 3.16. The van der Waals surface area contributed by atoms with Crippen LogP contribution in [0.5, 0.6) is 0 Å². The van der Waals surface area contributed by atoms with E-state index in [-0.39, 0.29) is 29.3 Å². The molecule has 1 unspecified atom stereocenters. The minimum absolute atomic E-state index is 0.0654. The molecule has 1 atom stereocenters. The summed E-state index contributed by atoms with van der Waals surface area (Å²) in [5, 5.41) is 2.84. The molecule has 6 heteroatoms. The number of amides is 2. The van der Waals surface area contributed by atoms with Gasteiger partial charge in [-0.25, -0.2) is 4.98 Å². The van der Waals surface area contributed by atoms with E-state index in [2.05, 4.69) is 10.3 Å². The fraction of sp³-hybridized carbons (Fsp3) is 0.381. The van der Waals surface area contributed by atoms with Crippen LogP contribution in [0, 0.1) is 6.92 Å². The Labute approximate surface area is 159 Å². The summed E-state index contributed by atoms with van der Waals surface area (Å²) in [6.07, 6.45) is 2.04. The zero-order valence-corrected chi connectivity index (χ0v) is 15.8. The van der Waals surface area contributed by atoms with Crippen LogP contribution in [0.3, 0.4) is 0 Å². The number of aromatic nitrogens is 1. The van der Waals surface area contributed by atoms with Gasteiger partial charge in [-0.15, -0.1) is 0 Å². The van der Waals surface area contributed by atoms with Gasteiger partial charge in [0, 0.05) is 25.4 Å². The first-order chi connectivity index (χ1) is 13.1. The number of rotatable bonds is 6. The summed E-state index contributed by atoms with van der Waals surface area (Å²) in [4.78, 5) is 31.3. The minimum Gasteiger partial charge on any atom is -0.376 e. The number of nitrogens with one attached hydrogen (secondary N) is 1. The molecule has 1 aliphatic heterocycles. The van der Waals surface area contributed by atoms with Gasteiger partial charge < -0.3 is 15.0 Å². The lowest BCUT2D eigenvalue weighted by atomic mass is 10.2. The molecular formula is C21H25N3O3. The van der Waals surface area contributed by atoms with Crippen LogP contribution >= 0.6 is 0 Å². The van der Waals surface area contributed by atoms with Crippen LogP contribution in [-0.2, 0) is 4.74 Å². The van der Waals surface area contributed by atoms with Gasteiger partial charge in [0.05, 0.1) is 6.10 Å². The Morgan fingerprint density at radius 2 is 2.00 bits per heavy atom. The summed E-state index contributed by atoms with van der Waals surface area (Å²) in [5.74, 6) is -0.518. The predicted octanol–water partition coefficient (Wildman–Crippen LogP) is 2.97. The number of hydrogen-bond donors (Lipinski definition) is 1. The van der Waals surface area contributed by atoms with E-state index in [0.717, 1.165) is 30.7 Å². The Hall–Kier alpha value is -2.73. The lowest BCUT2D eigenvalue weighted by Crippen LogP contribution is -2.34. The molecule has 1 N–H and O–H groups in total. The van der Waals surface area contributed by atoms with Crippen molar-refractivity contribution in [3.63, 3.8) is 0 Å². The SMILES string of the molecule is CCN(C(=O)c1cccc(C(=O)NCC2CCCO2)n1)c1cccc(C)c1. The highest BCUT2D eigenvalue weighted by Gasteiger charge is 2.20. The number of hydrogen-bond acceptors (Lipinski definition) is 4. The Morgan fingerprint density at radius 1 is 1.22 bits per heavy atom. The highest BCUT2D eigenvalue weighted by atomic mass is 16.5. The highest BCUT2D eigenvalue weighted by Crippen LogP contribution is 2.18. The molecule has 27 heavy (non-hydrogen) atoms. The molecule has 1 aromatic carbocycles. The van der Waals surface area contributed by atoms with Gasteiger partial charge in [0.2, 0.25) is 0 Å². The Balaban J connectivity index is 1.73. The summed E-state index contributed by atoms with van der Waals surface area (Å²) in [5.41, 5.74) is 2.38. The van der Waals surface area contributed by atoms with Crippen molar-refractivity contribution in [2.45, 2.75) is 32.8 Å². The number of ether oxygens (including phenoxy) is 1. The van der Waals surface area contributed by atoms with Crippen molar-refractivity contribution in [3.8, 4) is 0 Å². The first-order valence-electron chi connectivity index (χ1n) is 9.34. The van der Waals surface area contributed by atoms with Gasteiger partial charge in [-0.05, 0) is 56.5 Å². The molecule has 2 heterocycles. The molecule has 1 aromatic heterocycles. The van der Waals surface area contributed by atoms with E-state index in [4.69, 9.17) is 4.74 Å². The van der Waals surface area contributed by atoms with Gasteiger partial charge in [0.1, 0.15) is 11.4 Å². The third-order valence-electron chi connectivity index (χ3n) is 4.59. The van der Waals surface area contributed by atoms with Crippen molar-refractivity contribution < 1.29 is 14.3 Å². The fourth-order valence-electron chi connectivity index (χ4n) is 3.16. The topological polar surface area (TPSA) is 71.5 Å². The van der Waals surface area contributed by atoms with Crippen molar-refractivity contribution >= 4 is 17.5 Å². The lowest BCUT2D eigenvalue weighted by molar-refractivity contribution is 0.0853. The highest BCUT2D eigenvalue weighted by molar-refractivity contribution is 6.05. The van der Waals surface area contributed by atoms with E-state index in [1.165, 1.54) is 0 Å². The van der Waals surface area contributed by atoms with Crippen LogP contribution in [0.15, 0.2) is 42.5 Å². The van der Waals surface area contributed by atoms with Gasteiger partial charge in [0.25, 0.3) is 11.8 Å². The molecular weight excluding hydrogens is 342 g/mol. The van der Waals surface area contributed by atoms with E-state index in [1.807, 2.05) is 38.1 Å². The molecule has 6 nitrogen and oxygen atoms in total. The molecule has 2 amide bonds. The van der Waals surface area contributed by atoms with Crippen LogP contribution in [-0.4, -0.2) is 42.6 Å². The second-order valence-corrected chi connectivity index (χ2v) is 6.64. The van der Waals surface area contributed by atoms with Crippen molar-refractivity contribution in [1.29, 1.82) is 0 Å². The number of benzene rings is 1. The molecule has 0 spiro atoms. The number of pyridine rings is 1. The first kappa shape index (κ1) is 19.0. The normalized spacial score (nSPS) is 16.1. The van der Waals surface area contributed by atoms with Gasteiger partial charge in [0.15, 0.2) is 0 Å². The average molecular weight is 367 g/mol. The van der Waals surface area contributed by atoms with E-state index >= 15 is 0 Å². The zero-order valence-electron chi connectivity index (χ0n) is 15.8. The monoisotopic (exact) mass is 367 g/mol. The quantitative estimate of drug-likeness (QED) is 0.852. The summed E-state index contributed by atoms with van der Waals surface area (Å²) < 4.78 is 5.51. The van der Waals surface area contributed by atoms with E-state index in [0.29, 0.717) is 13.1 Å². The first-order valence-corrected chi connectivity index (χ1v) is 9.34. The largest absolute Gasteiger partial charge is 0.376 e. The molecule has 2 aromatic rings. The van der Waals surface area contributed by atoms with Crippen molar-refractivity contribution in [1.82, 2.24) is 10.3 Å². The van der Waals surface area contributed by atoms with Crippen molar-refractivity contribution in [2.75, 3.05) is 24.6 Å². The van der Waals surface area contributed by atoms with Crippen molar-refractivity contribution in [3.05, 3.63) is 59.4 Å². The number of nitrogens with zero attached hydrogens (tertiary/aromatic N) is 2. The van der Waals surface area contributed by atoms with Gasteiger partial charge in [-0.1, -0.05) is 18.2 Å². The van der Waals surface area contributed by atoms with Crippen molar-refractivity contribution in [2.24, 2.45) is 0 Å². The average Bonchev–Trinajstić information content (AvgIpc) is 3.20. The maximum atomic E-state index is 12.9. The minimum atomic E-state index is -0.293. The summed E-state index contributed by atoms with van der Waals surface area (Å²) >= 11 is 0. The summed E-state index contributed by atoms with van der Waals surface area (Å²) in [7, 11) is 0. The molecule has 0 aliphatic carbocycles. The number of carbonyl (C=O) groups is 2. The van der Waals surface area contributed by atoms with E-state index in [1.54, 1.807) is 23.1 Å². The molecule has 0 saturated carbocycles. The summed E-state index contributed by atoms with van der Waals surface area (Å²) in [6.45, 7) is 5.62. The molecule has 142 valence electrons. The molecule has 0 radical (unpaired) electrons.